The molecule has 114 valence electrons. The van der Waals surface area contributed by atoms with Gasteiger partial charge >= 0.3 is 0 Å². The second kappa shape index (κ2) is 5.51. The average Bonchev–Trinajstić information content (AvgIpc) is 2.47. The molecule has 0 bridgehead atoms. The molecule has 1 aliphatic heterocycles. The lowest BCUT2D eigenvalue weighted by Crippen LogP contribution is -2.25. The molecule has 2 N–H and O–H groups in total. The van der Waals surface area contributed by atoms with Crippen molar-refractivity contribution in [3.63, 3.8) is 0 Å². The molecule has 0 aliphatic carbocycles. The third kappa shape index (κ3) is 3.00. The van der Waals surface area contributed by atoms with E-state index in [1.54, 1.807) is 12.1 Å². The van der Waals surface area contributed by atoms with Crippen molar-refractivity contribution in [2.45, 2.75) is 4.90 Å². The summed E-state index contributed by atoms with van der Waals surface area (Å²) in [5.41, 5.74) is 0.843. The molecule has 0 unspecified atom stereocenters. The van der Waals surface area contributed by atoms with E-state index >= 15 is 0 Å². The second-order valence-corrected chi connectivity index (χ2v) is 6.73. The molecule has 1 heterocycles. The molecular formula is C14H11ClN2O4S. The first-order chi connectivity index (χ1) is 10.4. The Morgan fingerprint density at radius 1 is 1.14 bits per heavy atom. The Hall–Kier alpha value is -2.25. The van der Waals surface area contributed by atoms with Crippen molar-refractivity contribution in [1.29, 1.82) is 0 Å². The highest BCUT2D eigenvalue weighted by Crippen LogP contribution is 2.31. The van der Waals surface area contributed by atoms with E-state index in [2.05, 4.69) is 10.0 Å². The summed E-state index contributed by atoms with van der Waals surface area (Å²) in [6.45, 7) is -0.0968. The van der Waals surface area contributed by atoms with Gasteiger partial charge in [0.15, 0.2) is 6.61 Å². The lowest BCUT2D eigenvalue weighted by Gasteiger charge is -2.18. The fraction of sp³-hybridized carbons (Fsp3) is 0.0714. The summed E-state index contributed by atoms with van der Waals surface area (Å²) in [7, 11) is -3.72. The third-order valence-electron chi connectivity index (χ3n) is 2.99. The number of sulfonamides is 1. The van der Waals surface area contributed by atoms with Crippen LogP contribution in [0.4, 0.5) is 11.4 Å². The first kappa shape index (κ1) is 14.7. The minimum absolute atomic E-state index is 0.0968. The number of anilines is 2. The Labute approximate surface area is 132 Å². The van der Waals surface area contributed by atoms with E-state index in [1.165, 1.54) is 30.3 Å². The summed E-state index contributed by atoms with van der Waals surface area (Å²) in [6.07, 6.45) is 0. The molecule has 1 amide bonds. The van der Waals surface area contributed by atoms with E-state index in [1.807, 2.05) is 0 Å². The van der Waals surface area contributed by atoms with Gasteiger partial charge in [-0.2, -0.15) is 0 Å². The van der Waals surface area contributed by atoms with Gasteiger partial charge in [-0.05, 0) is 36.4 Å². The molecule has 0 saturated heterocycles. The van der Waals surface area contributed by atoms with E-state index in [0.717, 1.165) is 0 Å². The summed E-state index contributed by atoms with van der Waals surface area (Å²) in [5.74, 6) is 0.165. The van der Waals surface area contributed by atoms with Crippen molar-refractivity contribution in [3.05, 3.63) is 47.5 Å². The van der Waals surface area contributed by atoms with Crippen LogP contribution >= 0.6 is 11.6 Å². The van der Waals surface area contributed by atoms with Crippen LogP contribution in [0, 0.1) is 0 Å². The van der Waals surface area contributed by atoms with Crippen molar-refractivity contribution >= 4 is 38.9 Å². The Kier molecular flexibility index (Phi) is 3.67. The third-order valence-corrected chi connectivity index (χ3v) is 4.64. The maximum Gasteiger partial charge on any atom is 0.262 e. The van der Waals surface area contributed by atoms with Crippen LogP contribution in [0.1, 0.15) is 0 Å². The lowest BCUT2D eigenvalue weighted by molar-refractivity contribution is -0.118. The van der Waals surface area contributed by atoms with Crippen LogP contribution in [0.25, 0.3) is 0 Å². The molecule has 3 rings (SSSR count). The van der Waals surface area contributed by atoms with Gasteiger partial charge in [-0.3, -0.25) is 9.52 Å². The Balaban J connectivity index is 1.86. The van der Waals surface area contributed by atoms with Crippen LogP contribution in [0.2, 0.25) is 5.02 Å². The first-order valence-corrected chi connectivity index (χ1v) is 8.15. The number of hydrogen-bond acceptors (Lipinski definition) is 4. The number of halogens is 1. The Morgan fingerprint density at radius 2 is 1.86 bits per heavy atom. The van der Waals surface area contributed by atoms with Crippen LogP contribution in [0.5, 0.6) is 5.75 Å². The molecule has 0 radical (unpaired) electrons. The average molecular weight is 339 g/mol. The highest BCUT2D eigenvalue weighted by atomic mass is 35.5. The largest absolute Gasteiger partial charge is 0.482 e. The monoisotopic (exact) mass is 338 g/mol. The minimum atomic E-state index is -3.72. The summed E-state index contributed by atoms with van der Waals surface area (Å²) in [4.78, 5) is 11.3. The fourth-order valence-corrected chi connectivity index (χ4v) is 3.14. The van der Waals surface area contributed by atoms with Gasteiger partial charge < -0.3 is 10.1 Å². The molecular weight excluding hydrogens is 328 g/mol. The number of fused-ring (bicyclic) bond motifs is 1. The number of carbonyl (C=O) groups excluding carboxylic acids is 1. The quantitative estimate of drug-likeness (QED) is 0.900. The van der Waals surface area contributed by atoms with Gasteiger partial charge in [0.2, 0.25) is 0 Å². The summed E-state index contributed by atoms with van der Waals surface area (Å²) in [6, 6.07) is 10.5. The molecule has 22 heavy (non-hydrogen) atoms. The number of benzene rings is 2. The first-order valence-electron chi connectivity index (χ1n) is 6.29. The Morgan fingerprint density at radius 3 is 2.59 bits per heavy atom. The van der Waals surface area contributed by atoms with Crippen LogP contribution in [-0.4, -0.2) is 20.9 Å². The maximum atomic E-state index is 12.3. The second-order valence-electron chi connectivity index (χ2n) is 4.61. The summed E-state index contributed by atoms with van der Waals surface area (Å²) in [5, 5.41) is 3.09. The number of hydrogen-bond donors (Lipinski definition) is 2. The minimum Gasteiger partial charge on any atom is -0.482 e. The zero-order valence-electron chi connectivity index (χ0n) is 11.2. The van der Waals surface area contributed by atoms with E-state index in [9.17, 15) is 13.2 Å². The molecule has 0 spiro atoms. The topological polar surface area (TPSA) is 84.5 Å². The predicted molar refractivity (Wildman–Crippen MR) is 82.8 cm³/mol. The molecule has 2 aromatic carbocycles. The smallest absolute Gasteiger partial charge is 0.262 e. The molecule has 8 heteroatoms. The van der Waals surface area contributed by atoms with Crippen molar-refractivity contribution in [2.24, 2.45) is 0 Å². The zero-order valence-corrected chi connectivity index (χ0v) is 12.7. The number of nitrogens with one attached hydrogen (secondary N) is 2. The standard InChI is InChI=1S/C14H11ClN2O4S/c15-9-1-4-11(5-2-9)22(19,20)17-10-3-6-12-13(7-10)21-8-14(18)16-12/h1-7,17H,8H2,(H,16,18). The van der Waals surface area contributed by atoms with Crippen molar-refractivity contribution in [1.82, 2.24) is 0 Å². The van der Waals surface area contributed by atoms with Gasteiger partial charge in [0, 0.05) is 11.1 Å². The maximum absolute atomic E-state index is 12.3. The van der Waals surface area contributed by atoms with Gasteiger partial charge in [-0.15, -0.1) is 0 Å². The van der Waals surface area contributed by atoms with Gasteiger partial charge in [0.05, 0.1) is 16.3 Å². The normalized spacial score (nSPS) is 13.8. The van der Waals surface area contributed by atoms with Gasteiger partial charge in [-0.1, -0.05) is 11.6 Å². The molecule has 6 nitrogen and oxygen atoms in total. The fourth-order valence-electron chi connectivity index (χ4n) is 1.97. The van der Waals surface area contributed by atoms with E-state index in [0.29, 0.717) is 22.1 Å². The molecule has 0 aromatic heterocycles. The number of ether oxygens (including phenoxy) is 1. The van der Waals surface area contributed by atoms with Crippen molar-refractivity contribution < 1.29 is 17.9 Å². The number of carbonyl (C=O) groups is 1. The van der Waals surface area contributed by atoms with Crippen LogP contribution in [0.15, 0.2) is 47.4 Å². The molecule has 0 saturated carbocycles. The van der Waals surface area contributed by atoms with Gasteiger partial charge in [-0.25, -0.2) is 8.42 Å². The van der Waals surface area contributed by atoms with Crippen LogP contribution in [-0.2, 0) is 14.8 Å². The van der Waals surface area contributed by atoms with Crippen molar-refractivity contribution in [3.8, 4) is 5.75 Å². The molecule has 1 aliphatic rings. The zero-order chi connectivity index (χ0) is 15.7. The predicted octanol–water partition coefficient (Wildman–Crippen LogP) is 2.47. The van der Waals surface area contributed by atoms with Gasteiger partial charge in [0.1, 0.15) is 5.75 Å². The summed E-state index contributed by atoms with van der Waals surface area (Å²) < 4.78 is 32.2. The van der Waals surface area contributed by atoms with Crippen LogP contribution < -0.4 is 14.8 Å². The van der Waals surface area contributed by atoms with E-state index < -0.39 is 10.0 Å². The van der Waals surface area contributed by atoms with E-state index in [-0.39, 0.29) is 17.4 Å². The van der Waals surface area contributed by atoms with E-state index in [4.69, 9.17) is 16.3 Å². The highest BCUT2D eigenvalue weighted by Gasteiger charge is 2.18. The SMILES string of the molecule is O=C1COc2cc(NS(=O)(=O)c3ccc(Cl)cc3)ccc2N1. The van der Waals surface area contributed by atoms with Crippen molar-refractivity contribution in [2.75, 3.05) is 16.6 Å². The number of rotatable bonds is 3. The number of amides is 1. The lowest BCUT2D eigenvalue weighted by atomic mass is 10.2. The van der Waals surface area contributed by atoms with Gasteiger partial charge in [0.25, 0.3) is 15.9 Å². The van der Waals surface area contributed by atoms with Crippen LogP contribution in [0.3, 0.4) is 0 Å². The molecule has 2 aromatic rings. The summed E-state index contributed by atoms with van der Waals surface area (Å²) >= 11 is 5.75. The highest BCUT2D eigenvalue weighted by molar-refractivity contribution is 7.92. The molecule has 0 atom stereocenters. The Bertz CT molecular complexity index is 834. The molecule has 0 fully saturated rings.